The lowest BCUT2D eigenvalue weighted by Crippen LogP contribution is -2.41. The van der Waals surface area contributed by atoms with E-state index in [1.807, 2.05) is 17.0 Å². The van der Waals surface area contributed by atoms with Gasteiger partial charge in [-0.1, -0.05) is 38.3 Å². The smallest absolute Gasteiger partial charge is 0.265 e. The van der Waals surface area contributed by atoms with Crippen LogP contribution in [-0.2, 0) is 4.79 Å². The molecule has 4 heteroatoms. The standard InChI is InChI=1S/C21H32N2O2/c1-3-4-8-18-10-14-22(15-11-18)12-6-13-23-20(24)16-25-19-9-5-7-17(2)21(19)23/h5,7,9,18H,3-4,6,8,10-16H2,1-2H3. The van der Waals surface area contributed by atoms with E-state index in [0.717, 1.165) is 42.4 Å². The number of para-hydroxylation sites is 1. The van der Waals surface area contributed by atoms with Crippen molar-refractivity contribution in [1.29, 1.82) is 0 Å². The number of piperidine rings is 1. The Morgan fingerprint density at radius 2 is 1.96 bits per heavy atom. The van der Waals surface area contributed by atoms with E-state index in [-0.39, 0.29) is 12.5 Å². The third kappa shape index (κ3) is 4.55. The molecule has 0 spiro atoms. The first kappa shape index (κ1) is 18.2. The van der Waals surface area contributed by atoms with Crippen molar-refractivity contribution < 1.29 is 9.53 Å². The van der Waals surface area contributed by atoms with E-state index >= 15 is 0 Å². The van der Waals surface area contributed by atoms with Gasteiger partial charge in [-0.2, -0.15) is 0 Å². The number of nitrogens with zero attached hydrogens (tertiary/aromatic N) is 2. The number of benzene rings is 1. The van der Waals surface area contributed by atoms with E-state index in [0.29, 0.717) is 0 Å². The van der Waals surface area contributed by atoms with Gasteiger partial charge in [0, 0.05) is 6.54 Å². The molecule has 25 heavy (non-hydrogen) atoms. The maximum Gasteiger partial charge on any atom is 0.265 e. The van der Waals surface area contributed by atoms with Gasteiger partial charge in [-0.15, -0.1) is 0 Å². The van der Waals surface area contributed by atoms with Crippen LogP contribution in [0.5, 0.6) is 5.75 Å². The maximum atomic E-state index is 12.3. The molecule has 0 aromatic heterocycles. The van der Waals surface area contributed by atoms with Crippen molar-refractivity contribution in [3.63, 3.8) is 0 Å². The highest BCUT2D eigenvalue weighted by Crippen LogP contribution is 2.35. The van der Waals surface area contributed by atoms with E-state index in [9.17, 15) is 4.79 Å². The van der Waals surface area contributed by atoms with Gasteiger partial charge in [0.05, 0.1) is 5.69 Å². The van der Waals surface area contributed by atoms with Crippen LogP contribution >= 0.6 is 0 Å². The summed E-state index contributed by atoms with van der Waals surface area (Å²) in [5, 5.41) is 0. The minimum atomic E-state index is 0.0834. The van der Waals surface area contributed by atoms with Crippen molar-refractivity contribution in [2.75, 3.05) is 37.7 Å². The number of carbonyl (C=O) groups excluding carboxylic acids is 1. The van der Waals surface area contributed by atoms with Crippen LogP contribution in [0.2, 0.25) is 0 Å². The topological polar surface area (TPSA) is 32.8 Å². The van der Waals surface area contributed by atoms with Gasteiger partial charge >= 0.3 is 0 Å². The molecule has 0 saturated carbocycles. The molecular weight excluding hydrogens is 312 g/mol. The predicted molar refractivity (Wildman–Crippen MR) is 102 cm³/mol. The number of hydrogen-bond donors (Lipinski definition) is 0. The highest BCUT2D eigenvalue weighted by molar-refractivity contribution is 5.98. The van der Waals surface area contributed by atoms with Gasteiger partial charge in [0.1, 0.15) is 5.75 Å². The van der Waals surface area contributed by atoms with Crippen LogP contribution in [0.15, 0.2) is 18.2 Å². The lowest BCUT2D eigenvalue weighted by molar-refractivity contribution is -0.121. The number of rotatable bonds is 7. The zero-order chi connectivity index (χ0) is 17.6. The average Bonchev–Trinajstić information content (AvgIpc) is 2.63. The molecule has 3 rings (SSSR count). The minimum Gasteiger partial charge on any atom is -0.482 e. The Morgan fingerprint density at radius 3 is 2.72 bits per heavy atom. The number of fused-ring (bicyclic) bond motifs is 1. The number of anilines is 1. The van der Waals surface area contributed by atoms with Crippen LogP contribution in [0.3, 0.4) is 0 Å². The van der Waals surface area contributed by atoms with Gasteiger partial charge in [0.15, 0.2) is 6.61 Å². The van der Waals surface area contributed by atoms with E-state index in [1.54, 1.807) is 0 Å². The molecule has 138 valence electrons. The number of aryl methyl sites for hydroxylation is 1. The Kier molecular flexibility index (Phi) is 6.35. The Balaban J connectivity index is 1.48. The van der Waals surface area contributed by atoms with Gasteiger partial charge < -0.3 is 14.5 Å². The summed E-state index contributed by atoms with van der Waals surface area (Å²) in [6.07, 6.45) is 7.82. The molecule has 2 aliphatic heterocycles. The van der Waals surface area contributed by atoms with Gasteiger partial charge in [-0.3, -0.25) is 4.79 Å². The number of carbonyl (C=O) groups is 1. The summed E-state index contributed by atoms with van der Waals surface area (Å²) in [5.74, 6) is 1.86. The SMILES string of the molecule is CCCCC1CCN(CCCN2C(=O)COc3cccc(C)c32)CC1. The highest BCUT2D eigenvalue weighted by Gasteiger charge is 2.27. The van der Waals surface area contributed by atoms with Gasteiger partial charge in [-0.05, 0) is 63.4 Å². The largest absolute Gasteiger partial charge is 0.482 e. The molecule has 2 heterocycles. The predicted octanol–water partition coefficient (Wildman–Crippen LogP) is 4.01. The van der Waals surface area contributed by atoms with Crippen LogP contribution in [-0.4, -0.2) is 43.6 Å². The van der Waals surface area contributed by atoms with Crippen LogP contribution in [0.1, 0.15) is 51.0 Å². The first-order valence-electron chi connectivity index (χ1n) is 9.94. The fourth-order valence-corrected chi connectivity index (χ4v) is 4.12. The zero-order valence-corrected chi connectivity index (χ0v) is 15.8. The quantitative estimate of drug-likeness (QED) is 0.749. The van der Waals surface area contributed by atoms with Crippen LogP contribution in [0.4, 0.5) is 5.69 Å². The molecule has 1 aromatic carbocycles. The van der Waals surface area contributed by atoms with Crippen LogP contribution in [0, 0.1) is 12.8 Å². The fourth-order valence-electron chi connectivity index (χ4n) is 4.12. The lowest BCUT2D eigenvalue weighted by atomic mass is 9.91. The monoisotopic (exact) mass is 344 g/mol. The highest BCUT2D eigenvalue weighted by atomic mass is 16.5. The first-order valence-corrected chi connectivity index (χ1v) is 9.94. The number of hydrogen-bond acceptors (Lipinski definition) is 3. The second kappa shape index (κ2) is 8.70. The second-order valence-corrected chi connectivity index (χ2v) is 7.54. The van der Waals surface area contributed by atoms with Crippen molar-refractivity contribution in [1.82, 2.24) is 4.90 Å². The van der Waals surface area contributed by atoms with E-state index in [2.05, 4.69) is 24.8 Å². The van der Waals surface area contributed by atoms with Crippen molar-refractivity contribution in [2.45, 2.75) is 52.4 Å². The van der Waals surface area contributed by atoms with Crippen molar-refractivity contribution >= 4 is 11.6 Å². The molecule has 2 aliphatic rings. The van der Waals surface area contributed by atoms with Crippen LogP contribution in [0.25, 0.3) is 0 Å². The summed E-state index contributed by atoms with van der Waals surface area (Å²) >= 11 is 0. The van der Waals surface area contributed by atoms with Crippen molar-refractivity contribution in [2.24, 2.45) is 5.92 Å². The Morgan fingerprint density at radius 1 is 1.16 bits per heavy atom. The molecule has 1 saturated heterocycles. The molecule has 1 aromatic rings. The van der Waals surface area contributed by atoms with E-state index < -0.39 is 0 Å². The van der Waals surface area contributed by atoms with Gasteiger partial charge in [0.2, 0.25) is 0 Å². The minimum absolute atomic E-state index is 0.0834. The third-order valence-corrected chi connectivity index (χ3v) is 5.65. The first-order chi connectivity index (χ1) is 12.2. The molecule has 0 atom stereocenters. The molecule has 4 nitrogen and oxygen atoms in total. The summed E-state index contributed by atoms with van der Waals surface area (Å²) in [6, 6.07) is 6.00. The van der Waals surface area contributed by atoms with Crippen molar-refractivity contribution in [3.8, 4) is 5.75 Å². The summed E-state index contributed by atoms with van der Waals surface area (Å²) in [4.78, 5) is 16.8. The molecular formula is C21H32N2O2. The molecule has 0 unspecified atom stereocenters. The maximum absolute atomic E-state index is 12.3. The third-order valence-electron chi connectivity index (χ3n) is 5.65. The molecule has 0 bridgehead atoms. The van der Waals surface area contributed by atoms with Gasteiger partial charge in [0.25, 0.3) is 5.91 Å². The average molecular weight is 344 g/mol. The van der Waals surface area contributed by atoms with Gasteiger partial charge in [-0.25, -0.2) is 0 Å². The molecule has 0 radical (unpaired) electrons. The number of unbranched alkanes of at least 4 members (excludes halogenated alkanes) is 1. The summed E-state index contributed by atoms with van der Waals surface area (Å²) in [6.45, 7) is 8.82. The Hall–Kier alpha value is -1.55. The number of likely N-dealkylation sites (tertiary alicyclic amines) is 1. The van der Waals surface area contributed by atoms with E-state index in [4.69, 9.17) is 4.74 Å². The fraction of sp³-hybridized carbons (Fsp3) is 0.667. The summed E-state index contributed by atoms with van der Waals surface area (Å²) in [5.41, 5.74) is 2.08. The summed E-state index contributed by atoms with van der Waals surface area (Å²) in [7, 11) is 0. The normalized spacial score (nSPS) is 19.0. The van der Waals surface area contributed by atoms with Crippen molar-refractivity contribution in [3.05, 3.63) is 23.8 Å². The summed E-state index contributed by atoms with van der Waals surface area (Å²) < 4.78 is 5.59. The number of amides is 1. The Bertz CT molecular complexity index is 579. The second-order valence-electron chi connectivity index (χ2n) is 7.54. The molecule has 0 N–H and O–H groups in total. The van der Waals surface area contributed by atoms with Crippen LogP contribution < -0.4 is 9.64 Å². The molecule has 0 aliphatic carbocycles. The lowest BCUT2D eigenvalue weighted by Gasteiger charge is -2.34. The number of ether oxygens (including phenoxy) is 1. The molecule has 1 amide bonds. The van der Waals surface area contributed by atoms with E-state index in [1.165, 1.54) is 45.2 Å². The molecule has 1 fully saturated rings. The Labute approximate surface area is 152 Å². The zero-order valence-electron chi connectivity index (χ0n) is 15.8.